The predicted octanol–water partition coefficient (Wildman–Crippen LogP) is 4.13. The molecule has 5 nitrogen and oxygen atoms in total. The number of rotatable bonds is 6. The van der Waals surface area contributed by atoms with E-state index in [1.54, 1.807) is 6.07 Å². The molecular weight excluding hydrogens is 304 g/mol. The highest BCUT2D eigenvalue weighted by Gasteiger charge is 2.14. The minimum Gasteiger partial charge on any atom is -0.377 e. The second kappa shape index (κ2) is 7.57. The van der Waals surface area contributed by atoms with Gasteiger partial charge in [-0.2, -0.15) is 0 Å². The van der Waals surface area contributed by atoms with E-state index in [4.69, 9.17) is 9.26 Å². The van der Waals surface area contributed by atoms with Crippen molar-refractivity contribution < 1.29 is 14.1 Å². The number of aromatic nitrogens is 1. The molecule has 0 aliphatic heterocycles. The van der Waals surface area contributed by atoms with E-state index in [1.165, 1.54) is 0 Å². The third-order valence-corrected chi connectivity index (χ3v) is 3.46. The van der Waals surface area contributed by atoms with Gasteiger partial charge < -0.3 is 14.6 Å². The SMILES string of the molecule is CCOCc1cccc(NC(=O)c2cc(-c3ccccc3)no2)c1. The maximum absolute atomic E-state index is 12.3. The zero-order valence-corrected chi connectivity index (χ0v) is 13.4. The van der Waals surface area contributed by atoms with E-state index >= 15 is 0 Å². The molecular formula is C19H18N2O3. The number of hydrogen-bond acceptors (Lipinski definition) is 4. The van der Waals surface area contributed by atoms with Crippen molar-refractivity contribution in [3.63, 3.8) is 0 Å². The monoisotopic (exact) mass is 322 g/mol. The molecule has 1 amide bonds. The van der Waals surface area contributed by atoms with Crippen molar-refractivity contribution in [3.05, 3.63) is 72.0 Å². The van der Waals surface area contributed by atoms with E-state index in [1.807, 2.05) is 61.5 Å². The van der Waals surface area contributed by atoms with Crippen LogP contribution in [0.3, 0.4) is 0 Å². The second-order valence-corrected chi connectivity index (χ2v) is 5.23. The molecule has 122 valence electrons. The van der Waals surface area contributed by atoms with E-state index in [0.717, 1.165) is 11.1 Å². The van der Waals surface area contributed by atoms with Gasteiger partial charge in [0.2, 0.25) is 5.76 Å². The molecule has 0 aliphatic carbocycles. The molecule has 0 radical (unpaired) electrons. The lowest BCUT2D eigenvalue weighted by Crippen LogP contribution is -2.11. The van der Waals surface area contributed by atoms with Crippen molar-refractivity contribution >= 4 is 11.6 Å². The molecule has 0 unspecified atom stereocenters. The Morgan fingerprint density at radius 1 is 1.12 bits per heavy atom. The Hall–Kier alpha value is -2.92. The number of nitrogens with zero attached hydrogens (tertiary/aromatic N) is 1. The molecule has 0 bridgehead atoms. The summed E-state index contributed by atoms with van der Waals surface area (Å²) in [7, 11) is 0. The van der Waals surface area contributed by atoms with Crippen LogP contribution in [0.5, 0.6) is 0 Å². The van der Waals surface area contributed by atoms with Crippen LogP contribution in [0.2, 0.25) is 0 Å². The van der Waals surface area contributed by atoms with Gasteiger partial charge in [0.1, 0.15) is 5.69 Å². The van der Waals surface area contributed by atoms with Crippen molar-refractivity contribution in [2.45, 2.75) is 13.5 Å². The summed E-state index contributed by atoms with van der Waals surface area (Å²) in [6.45, 7) is 3.11. The second-order valence-electron chi connectivity index (χ2n) is 5.23. The summed E-state index contributed by atoms with van der Waals surface area (Å²) < 4.78 is 10.5. The molecule has 0 fully saturated rings. The number of benzene rings is 2. The van der Waals surface area contributed by atoms with Crippen molar-refractivity contribution in [2.24, 2.45) is 0 Å². The fourth-order valence-corrected chi connectivity index (χ4v) is 2.28. The van der Waals surface area contributed by atoms with Crippen LogP contribution in [0, 0.1) is 0 Å². The lowest BCUT2D eigenvalue weighted by Gasteiger charge is -2.06. The molecule has 3 rings (SSSR count). The summed E-state index contributed by atoms with van der Waals surface area (Å²) in [5.74, 6) is -0.165. The van der Waals surface area contributed by atoms with Crippen LogP contribution < -0.4 is 5.32 Å². The van der Waals surface area contributed by atoms with Crippen LogP contribution in [0.4, 0.5) is 5.69 Å². The first kappa shape index (κ1) is 16.0. The number of anilines is 1. The Labute approximate surface area is 140 Å². The van der Waals surface area contributed by atoms with Crippen LogP contribution in [0.15, 0.2) is 65.2 Å². The Kier molecular flexibility index (Phi) is 5.03. The maximum atomic E-state index is 12.3. The Bertz CT molecular complexity index is 812. The van der Waals surface area contributed by atoms with Gasteiger partial charge in [-0.25, -0.2) is 0 Å². The number of nitrogens with one attached hydrogen (secondary N) is 1. The molecule has 3 aromatic rings. The van der Waals surface area contributed by atoms with E-state index in [9.17, 15) is 4.79 Å². The smallest absolute Gasteiger partial charge is 0.294 e. The maximum Gasteiger partial charge on any atom is 0.294 e. The summed E-state index contributed by atoms with van der Waals surface area (Å²) in [6.07, 6.45) is 0. The van der Waals surface area contributed by atoms with Crippen LogP contribution in [0.1, 0.15) is 23.0 Å². The first-order valence-electron chi connectivity index (χ1n) is 7.76. The largest absolute Gasteiger partial charge is 0.377 e. The zero-order chi connectivity index (χ0) is 16.8. The van der Waals surface area contributed by atoms with Crippen LogP contribution in [0.25, 0.3) is 11.3 Å². The molecule has 24 heavy (non-hydrogen) atoms. The standard InChI is InChI=1S/C19H18N2O3/c1-2-23-13-14-7-6-10-16(11-14)20-19(22)18-12-17(21-24-18)15-8-4-3-5-9-15/h3-12H,2,13H2,1H3,(H,20,22). The molecule has 0 saturated carbocycles. The highest BCUT2D eigenvalue weighted by atomic mass is 16.5. The predicted molar refractivity (Wildman–Crippen MR) is 91.7 cm³/mol. The van der Waals surface area contributed by atoms with E-state index < -0.39 is 0 Å². The van der Waals surface area contributed by atoms with Gasteiger partial charge in [0, 0.05) is 23.9 Å². The van der Waals surface area contributed by atoms with Gasteiger partial charge in [0.05, 0.1) is 6.61 Å². The molecule has 1 N–H and O–H groups in total. The fourth-order valence-electron chi connectivity index (χ4n) is 2.28. The van der Waals surface area contributed by atoms with E-state index in [-0.39, 0.29) is 11.7 Å². The number of ether oxygens (including phenoxy) is 1. The molecule has 1 aromatic heterocycles. The third kappa shape index (κ3) is 3.88. The van der Waals surface area contributed by atoms with Gasteiger partial charge in [-0.15, -0.1) is 0 Å². The summed E-state index contributed by atoms with van der Waals surface area (Å²) in [4.78, 5) is 12.3. The molecule has 2 aromatic carbocycles. The topological polar surface area (TPSA) is 64.4 Å². The van der Waals surface area contributed by atoms with Crippen LogP contribution in [-0.2, 0) is 11.3 Å². The minimum atomic E-state index is -0.335. The molecule has 0 atom stereocenters. The van der Waals surface area contributed by atoms with Crippen molar-refractivity contribution in [2.75, 3.05) is 11.9 Å². The van der Waals surface area contributed by atoms with Crippen LogP contribution >= 0.6 is 0 Å². The molecule has 0 spiro atoms. The fraction of sp³-hybridized carbons (Fsp3) is 0.158. The lowest BCUT2D eigenvalue weighted by atomic mass is 10.1. The number of carbonyl (C=O) groups excluding carboxylic acids is 1. The summed E-state index contributed by atoms with van der Waals surface area (Å²) in [6, 6.07) is 18.7. The molecule has 0 saturated heterocycles. The van der Waals surface area contributed by atoms with Gasteiger partial charge in [-0.05, 0) is 24.6 Å². The normalized spacial score (nSPS) is 10.5. The lowest BCUT2D eigenvalue weighted by molar-refractivity contribution is 0.0988. The van der Waals surface area contributed by atoms with Gasteiger partial charge in [-0.3, -0.25) is 4.79 Å². The summed E-state index contributed by atoms with van der Waals surface area (Å²) >= 11 is 0. The van der Waals surface area contributed by atoms with E-state index in [0.29, 0.717) is 24.6 Å². The Balaban J connectivity index is 1.70. The first-order valence-corrected chi connectivity index (χ1v) is 7.76. The molecule has 0 aliphatic rings. The van der Waals surface area contributed by atoms with Crippen molar-refractivity contribution in [1.29, 1.82) is 0 Å². The zero-order valence-electron chi connectivity index (χ0n) is 13.4. The van der Waals surface area contributed by atoms with E-state index in [2.05, 4.69) is 10.5 Å². The van der Waals surface area contributed by atoms with Gasteiger partial charge in [-0.1, -0.05) is 47.6 Å². The summed E-state index contributed by atoms with van der Waals surface area (Å²) in [5, 5.41) is 6.76. The third-order valence-electron chi connectivity index (χ3n) is 3.46. The first-order chi connectivity index (χ1) is 11.8. The minimum absolute atomic E-state index is 0.170. The number of carbonyl (C=O) groups is 1. The average Bonchev–Trinajstić information content (AvgIpc) is 3.11. The van der Waals surface area contributed by atoms with Crippen molar-refractivity contribution in [3.8, 4) is 11.3 Å². The van der Waals surface area contributed by atoms with Crippen LogP contribution in [-0.4, -0.2) is 17.7 Å². The average molecular weight is 322 g/mol. The van der Waals surface area contributed by atoms with Gasteiger partial charge >= 0.3 is 0 Å². The number of amides is 1. The van der Waals surface area contributed by atoms with Crippen molar-refractivity contribution in [1.82, 2.24) is 5.16 Å². The van der Waals surface area contributed by atoms with Gasteiger partial charge in [0.15, 0.2) is 0 Å². The van der Waals surface area contributed by atoms with Gasteiger partial charge in [0.25, 0.3) is 5.91 Å². The quantitative estimate of drug-likeness (QED) is 0.741. The number of hydrogen-bond donors (Lipinski definition) is 1. The highest BCUT2D eigenvalue weighted by Crippen LogP contribution is 2.19. The Morgan fingerprint density at radius 2 is 1.96 bits per heavy atom. The Morgan fingerprint density at radius 3 is 2.75 bits per heavy atom. The highest BCUT2D eigenvalue weighted by molar-refractivity contribution is 6.02. The molecule has 5 heteroatoms. The molecule has 1 heterocycles. The summed E-state index contributed by atoms with van der Waals surface area (Å²) in [5.41, 5.74) is 3.22.